The van der Waals surface area contributed by atoms with E-state index >= 15 is 0 Å². The van der Waals surface area contributed by atoms with E-state index in [1.54, 1.807) is 18.2 Å². The van der Waals surface area contributed by atoms with E-state index in [-0.39, 0.29) is 18.3 Å². The fraction of sp³-hybridized carbons (Fsp3) is 0.188. The molecule has 0 aliphatic rings. The van der Waals surface area contributed by atoms with Crippen molar-refractivity contribution in [3.05, 3.63) is 59.7 Å². The van der Waals surface area contributed by atoms with E-state index in [1.807, 2.05) is 25.1 Å². The van der Waals surface area contributed by atoms with Crippen molar-refractivity contribution in [1.29, 1.82) is 0 Å². The summed E-state index contributed by atoms with van der Waals surface area (Å²) in [6, 6.07) is 10.2. The highest BCUT2D eigenvalue weighted by Gasteiger charge is 2.19. The summed E-state index contributed by atoms with van der Waals surface area (Å²) in [5.41, 5.74) is 1.75. The quantitative estimate of drug-likeness (QED) is 0.773. The molecule has 0 aliphatic heterocycles. The first-order valence-corrected chi connectivity index (χ1v) is 6.62. The Morgan fingerprint density at radius 1 is 1.33 bits per heavy atom. The number of rotatable bonds is 4. The van der Waals surface area contributed by atoms with E-state index in [2.05, 4.69) is 5.32 Å². The molecule has 2 N–H and O–H groups in total. The molecule has 1 unspecified atom stereocenters. The Kier molecular flexibility index (Phi) is 3.50. The van der Waals surface area contributed by atoms with Gasteiger partial charge in [0.15, 0.2) is 5.76 Å². The van der Waals surface area contributed by atoms with Gasteiger partial charge in [-0.15, -0.1) is 0 Å². The summed E-state index contributed by atoms with van der Waals surface area (Å²) in [6.07, 6.45) is 1.49. The van der Waals surface area contributed by atoms with Crippen molar-refractivity contribution in [2.75, 3.05) is 6.61 Å². The number of hydrogen-bond acceptors (Lipinski definition) is 4. The molecular weight excluding hydrogens is 270 g/mol. The molecule has 21 heavy (non-hydrogen) atoms. The second-order valence-corrected chi connectivity index (χ2v) is 4.88. The number of aliphatic hydroxyl groups is 1. The number of carbonyl (C=O) groups excluding carboxylic acids is 1. The fourth-order valence-electron chi connectivity index (χ4n) is 2.20. The van der Waals surface area contributed by atoms with Crippen molar-refractivity contribution in [1.82, 2.24) is 5.32 Å². The van der Waals surface area contributed by atoms with Crippen LogP contribution in [0.1, 0.15) is 27.9 Å². The second kappa shape index (κ2) is 5.46. The number of aryl methyl sites for hydroxylation is 1. The molecular formula is C16H15NO4. The zero-order valence-electron chi connectivity index (χ0n) is 11.5. The van der Waals surface area contributed by atoms with Gasteiger partial charge in [0.2, 0.25) is 0 Å². The topological polar surface area (TPSA) is 75.6 Å². The predicted molar refractivity (Wildman–Crippen MR) is 77.0 cm³/mol. The van der Waals surface area contributed by atoms with Gasteiger partial charge in [0, 0.05) is 5.39 Å². The Hall–Kier alpha value is -2.53. The average Bonchev–Trinajstić information content (AvgIpc) is 3.12. The third kappa shape index (κ3) is 2.68. The van der Waals surface area contributed by atoms with Crippen molar-refractivity contribution in [2.24, 2.45) is 0 Å². The molecule has 0 aliphatic carbocycles. The molecule has 0 saturated carbocycles. The Morgan fingerprint density at radius 3 is 2.90 bits per heavy atom. The van der Waals surface area contributed by atoms with Gasteiger partial charge >= 0.3 is 0 Å². The summed E-state index contributed by atoms with van der Waals surface area (Å²) >= 11 is 0. The Balaban J connectivity index is 1.83. The van der Waals surface area contributed by atoms with Gasteiger partial charge in [0.05, 0.1) is 12.9 Å². The predicted octanol–water partition coefficient (Wildman–Crippen LogP) is 2.80. The molecule has 5 heteroatoms. The highest BCUT2D eigenvalue weighted by atomic mass is 16.3. The van der Waals surface area contributed by atoms with Gasteiger partial charge in [-0.05, 0) is 37.3 Å². The van der Waals surface area contributed by atoms with Crippen LogP contribution in [0.4, 0.5) is 0 Å². The van der Waals surface area contributed by atoms with Gasteiger partial charge in [0.1, 0.15) is 17.4 Å². The van der Waals surface area contributed by atoms with Crippen LogP contribution in [0.5, 0.6) is 0 Å². The minimum atomic E-state index is -0.595. The minimum absolute atomic E-state index is 0.209. The maximum atomic E-state index is 12.2. The van der Waals surface area contributed by atoms with Crippen molar-refractivity contribution < 1.29 is 18.7 Å². The third-order valence-corrected chi connectivity index (χ3v) is 3.27. The molecule has 2 aromatic heterocycles. The SMILES string of the molecule is Cc1ccc2oc(C(=O)NC(CO)c3ccco3)cc2c1. The molecule has 3 aromatic rings. The summed E-state index contributed by atoms with van der Waals surface area (Å²) in [5, 5.41) is 12.9. The second-order valence-electron chi connectivity index (χ2n) is 4.88. The highest BCUT2D eigenvalue weighted by molar-refractivity contribution is 5.96. The number of carbonyl (C=O) groups is 1. The Bertz CT molecular complexity index is 758. The lowest BCUT2D eigenvalue weighted by molar-refractivity contribution is 0.0881. The molecule has 0 saturated heterocycles. The molecule has 0 radical (unpaired) electrons. The summed E-state index contributed by atoms with van der Waals surface area (Å²) in [7, 11) is 0. The Labute approximate surface area is 121 Å². The number of hydrogen-bond donors (Lipinski definition) is 2. The number of nitrogens with one attached hydrogen (secondary N) is 1. The lowest BCUT2D eigenvalue weighted by Crippen LogP contribution is -2.30. The summed E-state index contributed by atoms with van der Waals surface area (Å²) in [6.45, 7) is 1.73. The first-order valence-electron chi connectivity index (χ1n) is 6.62. The van der Waals surface area contributed by atoms with Crippen molar-refractivity contribution >= 4 is 16.9 Å². The summed E-state index contributed by atoms with van der Waals surface area (Å²) in [4.78, 5) is 12.2. The van der Waals surface area contributed by atoms with Crippen LogP contribution < -0.4 is 5.32 Å². The zero-order valence-corrected chi connectivity index (χ0v) is 11.5. The van der Waals surface area contributed by atoms with Gasteiger partial charge in [-0.3, -0.25) is 4.79 Å². The van der Waals surface area contributed by atoms with Crippen molar-refractivity contribution in [3.8, 4) is 0 Å². The number of furan rings is 2. The van der Waals surface area contributed by atoms with Crippen LogP contribution in [0.2, 0.25) is 0 Å². The molecule has 1 aromatic carbocycles. The Morgan fingerprint density at radius 2 is 2.19 bits per heavy atom. The van der Waals surface area contributed by atoms with Crippen LogP contribution in [0.3, 0.4) is 0 Å². The van der Waals surface area contributed by atoms with Gasteiger partial charge < -0.3 is 19.3 Å². The number of benzene rings is 1. The standard InChI is InChI=1S/C16H15NO4/c1-10-4-5-13-11(7-10)8-15(21-13)16(19)17-12(9-18)14-3-2-6-20-14/h2-8,12,18H,9H2,1H3,(H,17,19). The first-order chi connectivity index (χ1) is 10.2. The average molecular weight is 285 g/mol. The van der Waals surface area contributed by atoms with E-state index in [0.29, 0.717) is 11.3 Å². The molecule has 3 rings (SSSR count). The van der Waals surface area contributed by atoms with Crippen LogP contribution in [0, 0.1) is 6.92 Å². The van der Waals surface area contributed by atoms with Gasteiger partial charge in [-0.25, -0.2) is 0 Å². The minimum Gasteiger partial charge on any atom is -0.467 e. The first kappa shape index (κ1) is 13.5. The van der Waals surface area contributed by atoms with E-state index in [1.165, 1.54) is 6.26 Å². The van der Waals surface area contributed by atoms with Gasteiger partial charge in [-0.2, -0.15) is 0 Å². The molecule has 1 atom stereocenters. The molecule has 0 fully saturated rings. The number of aliphatic hydroxyl groups excluding tert-OH is 1. The summed E-state index contributed by atoms with van der Waals surface area (Å²) < 4.78 is 10.7. The van der Waals surface area contributed by atoms with E-state index in [4.69, 9.17) is 8.83 Å². The van der Waals surface area contributed by atoms with Crippen molar-refractivity contribution in [2.45, 2.75) is 13.0 Å². The van der Waals surface area contributed by atoms with Crippen LogP contribution in [0.15, 0.2) is 51.5 Å². The smallest absolute Gasteiger partial charge is 0.287 e. The van der Waals surface area contributed by atoms with Crippen molar-refractivity contribution in [3.63, 3.8) is 0 Å². The third-order valence-electron chi connectivity index (χ3n) is 3.27. The molecule has 108 valence electrons. The maximum Gasteiger partial charge on any atom is 0.287 e. The normalized spacial score (nSPS) is 12.5. The van der Waals surface area contributed by atoms with Crippen LogP contribution >= 0.6 is 0 Å². The molecule has 2 heterocycles. The van der Waals surface area contributed by atoms with Crippen LogP contribution in [-0.2, 0) is 0 Å². The molecule has 0 spiro atoms. The largest absolute Gasteiger partial charge is 0.467 e. The maximum absolute atomic E-state index is 12.2. The van der Waals surface area contributed by atoms with E-state index in [0.717, 1.165) is 10.9 Å². The van der Waals surface area contributed by atoms with Crippen LogP contribution in [-0.4, -0.2) is 17.6 Å². The van der Waals surface area contributed by atoms with Gasteiger partial charge in [-0.1, -0.05) is 11.6 Å². The molecule has 1 amide bonds. The summed E-state index contributed by atoms with van der Waals surface area (Å²) in [5.74, 6) is 0.317. The lowest BCUT2D eigenvalue weighted by Gasteiger charge is -2.12. The zero-order chi connectivity index (χ0) is 14.8. The number of fused-ring (bicyclic) bond motifs is 1. The monoisotopic (exact) mass is 285 g/mol. The van der Waals surface area contributed by atoms with Gasteiger partial charge in [0.25, 0.3) is 5.91 Å². The molecule has 0 bridgehead atoms. The lowest BCUT2D eigenvalue weighted by atomic mass is 10.2. The fourth-order valence-corrected chi connectivity index (χ4v) is 2.20. The van der Waals surface area contributed by atoms with E-state index < -0.39 is 6.04 Å². The van der Waals surface area contributed by atoms with Crippen LogP contribution in [0.25, 0.3) is 11.0 Å². The molecule has 5 nitrogen and oxygen atoms in total. The number of amides is 1. The highest BCUT2D eigenvalue weighted by Crippen LogP contribution is 2.21. The van der Waals surface area contributed by atoms with E-state index in [9.17, 15) is 9.90 Å².